The standard InChI is InChI=1S/H2O3S.Yb/c1-4(2)3;/h(H2,1,2,3);. The van der Waals surface area contributed by atoms with E-state index in [1.807, 2.05) is 0 Å². The smallest absolute Gasteiger partial charge is 0.284 e. The van der Waals surface area contributed by atoms with Crippen LogP contribution in [0, 0.1) is 46.9 Å². The van der Waals surface area contributed by atoms with Crippen molar-refractivity contribution in [1.29, 1.82) is 0 Å². The molecule has 0 aliphatic heterocycles. The molecule has 0 aliphatic carbocycles. The van der Waals surface area contributed by atoms with Gasteiger partial charge in [-0.3, -0.25) is 9.11 Å². The molecule has 0 rings (SSSR count). The fourth-order valence-electron chi connectivity index (χ4n) is 0. The number of hydrogen-bond donors (Lipinski definition) is 2. The van der Waals surface area contributed by atoms with Crippen LogP contribution in [-0.2, 0) is 11.4 Å². The van der Waals surface area contributed by atoms with Crippen LogP contribution in [0.2, 0.25) is 0 Å². The molecule has 0 aromatic carbocycles. The van der Waals surface area contributed by atoms with Crippen LogP contribution in [-0.4, -0.2) is 13.3 Å². The Hall–Kier alpha value is 1.59. The molecular formula is H2O3SYb. The second-order valence-corrected chi connectivity index (χ2v) is 0.692. The van der Waals surface area contributed by atoms with Gasteiger partial charge < -0.3 is 0 Å². The third-order valence-electron chi connectivity index (χ3n) is 0. The molecule has 5 heteroatoms. The van der Waals surface area contributed by atoms with Crippen LogP contribution in [0.5, 0.6) is 0 Å². The van der Waals surface area contributed by atoms with Crippen molar-refractivity contribution in [2.24, 2.45) is 0 Å². The van der Waals surface area contributed by atoms with E-state index in [0.717, 1.165) is 0 Å². The molecule has 0 fully saturated rings. The maximum absolute atomic E-state index is 8.67. The zero-order valence-electron chi connectivity index (χ0n) is 1.98. The summed E-state index contributed by atoms with van der Waals surface area (Å²) in [7, 11) is 0. The Labute approximate surface area is 70.5 Å². The van der Waals surface area contributed by atoms with E-state index >= 15 is 0 Å². The maximum atomic E-state index is 8.67. The summed E-state index contributed by atoms with van der Waals surface area (Å²) in [6, 6.07) is 0. The topological polar surface area (TPSA) is 57.5 Å². The van der Waals surface area contributed by atoms with E-state index in [2.05, 4.69) is 0 Å². The summed E-state index contributed by atoms with van der Waals surface area (Å²) in [5.41, 5.74) is 0. The van der Waals surface area contributed by atoms with Gasteiger partial charge in [-0.15, -0.1) is 0 Å². The SMILES string of the molecule is O=S(O)O.[Yb]. The first-order chi connectivity index (χ1) is 1.73. The summed E-state index contributed by atoms with van der Waals surface area (Å²) in [5.74, 6) is 0. The van der Waals surface area contributed by atoms with Crippen molar-refractivity contribution >= 4 is 11.4 Å². The summed E-state index contributed by atoms with van der Waals surface area (Å²) < 4.78 is 22.8. The van der Waals surface area contributed by atoms with Crippen LogP contribution in [0.25, 0.3) is 0 Å². The molecule has 0 unspecified atom stereocenters. The molecular weight excluding hydrogens is 253 g/mol. The monoisotopic (exact) mass is 256 g/mol. The van der Waals surface area contributed by atoms with Crippen LogP contribution >= 0.6 is 0 Å². The molecule has 0 saturated carbocycles. The van der Waals surface area contributed by atoms with E-state index in [0.29, 0.717) is 0 Å². The molecule has 0 atom stereocenters. The van der Waals surface area contributed by atoms with Gasteiger partial charge in [0.1, 0.15) is 0 Å². The third-order valence-corrected chi connectivity index (χ3v) is 0. The van der Waals surface area contributed by atoms with E-state index in [4.69, 9.17) is 13.3 Å². The van der Waals surface area contributed by atoms with Gasteiger partial charge in [0.05, 0.1) is 0 Å². The second kappa shape index (κ2) is 5.59. The predicted octanol–water partition coefficient (Wildman–Crippen LogP) is -0.319. The fraction of sp³-hybridized carbons (Fsp3) is 0. The molecule has 0 saturated heterocycles. The zero-order chi connectivity index (χ0) is 3.58. The van der Waals surface area contributed by atoms with E-state index in [1.165, 1.54) is 0 Å². The van der Waals surface area contributed by atoms with Gasteiger partial charge in [-0.05, 0) is 0 Å². The molecule has 0 aromatic heterocycles. The van der Waals surface area contributed by atoms with Gasteiger partial charge in [0.2, 0.25) is 0 Å². The molecule has 2 N–H and O–H groups in total. The first-order valence-corrected chi connectivity index (χ1v) is 1.60. The number of rotatable bonds is 0. The van der Waals surface area contributed by atoms with Gasteiger partial charge in [-0.1, -0.05) is 0 Å². The minimum atomic E-state index is -2.61. The van der Waals surface area contributed by atoms with Crippen molar-refractivity contribution in [2.75, 3.05) is 0 Å². The molecule has 3 nitrogen and oxygen atoms in total. The summed E-state index contributed by atoms with van der Waals surface area (Å²) >= 11 is -2.61. The van der Waals surface area contributed by atoms with Crippen molar-refractivity contribution in [3.63, 3.8) is 0 Å². The molecule has 5 heavy (non-hydrogen) atoms. The van der Waals surface area contributed by atoms with Crippen molar-refractivity contribution in [1.82, 2.24) is 0 Å². The van der Waals surface area contributed by atoms with E-state index in [9.17, 15) is 0 Å². The molecule has 0 spiro atoms. The van der Waals surface area contributed by atoms with Gasteiger partial charge in [-0.25, -0.2) is 0 Å². The quantitative estimate of drug-likeness (QED) is 0.583. The summed E-state index contributed by atoms with van der Waals surface area (Å²) in [4.78, 5) is 0. The summed E-state index contributed by atoms with van der Waals surface area (Å²) in [6.45, 7) is 0. The minimum absolute atomic E-state index is 0. The number of hydrogen-bond acceptors (Lipinski definition) is 1. The maximum Gasteiger partial charge on any atom is 0.299 e. The Morgan fingerprint density at radius 1 is 1.40 bits per heavy atom. The van der Waals surface area contributed by atoms with Crippen LogP contribution in [0.3, 0.4) is 0 Å². The van der Waals surface area contributed by atoms with Gasteiger partial charge in [-0.2, -0.15) is 4.21 Å². The van der Waals surface area contributed by atoms with E-state index in [-0.39, 0.29) is 46.9 Å². The van der Waals surface area contributed by atoms with Crippen LogP contribution in [0.1, 0.15) is 0 Å². The Morgan fingerprint density at radius 3 is 1.40 bits per heavy atom. The predicted molar refractivity (Wildman–Crippen MR) is 13.4 cm³/mol. The van der Waals surface area contributed by atoms with Crippen LogP contribution in [0.15, 0.2) is 0 Å². The first-order valence-electron chi connectivity index (χ1n) is 0.532. The van der Waals surface area contributed by atoms with Gasteiger partial charge in [0.25, 0.3) is 11.4 Å². The van der Waals surface area contributed by atoms with Crippen LogP contribution < -0.4 is 0 Å². The zero-order valence-corrected chi connectivity index (χ0v) is 4.51. The molecule has 0 bridgehead atoms. The average Bonchev–Trinajstić information content (AvgIpc) is 0.811. The summed E-state index contributed by atoms with van der Waals surface area (Å²) in [5, 5.41) is 0. The van der Waals surface area contributed by atoms with E-state index < -0.39 is 11.4 Å². The van der Waals surface area contributed by atoms with Crippen molar-refractivity contribution in [3.05, 3.63) is 0 Å². The van der Waals surface area contributed by atoms with Gasteiger partial charge in [0, 0.05) is 46.9 Å². The minimum Gasteiger partial charge on any atom is -0.284 e. The van der Waals surface area contributed by atoms with E-state index in [1.54, 1.807) is 0 Å². The third kappa shape index (κ3) is 28.5. The molecule has 0 aromatic rings. The van der Waals surface area contributed by atoms with Crippen molar-refractivity contribution < 1.29 is 60.2 Å². The molecule has 0 amide bonds. The van der Waals surface area contributed by atoms with Crippen molar-refractivity contribution in [3.8, 4) is 0 Å². The Bertz CT molecular complexity index is 29.9. The molecule has 0 aliphatic rings. The Kier molecular flexibility index (Phi) is 10.9. The normalized spacial score (nSPS) is 7.00. The largest absolute Gasteiger partial charge is 0.299 e. The van der Waals surface area contributed by atoms with Crippen LogP contribution in [0.4, 0.5) is 0 Å². The average molecular weight is 255 g/mol. The molecule has 0 radical (unpaired) electrons. The van der Waals surface area contributed by atoms with Gasteiger partial charge >= 0.3 is 0 Å². The first kappa shape index (κ1) is 9.77. The van der Waals surface area contributed by atoms with Crippen molar-refractivity contribution in [2.45, 2.75) is 0 Å². The Morgan fingerprint density at radius 2 is 1.40 bits per heavy atom. The fourth-order valence-corrected chi connectivity index (χ4v) is 0. The Balaban J connectivity index is 0. The molecule has 40 valence electrons. The molecule has 0 heterocycles. The van der Waals surface area contributed by atoms with Gasteiger partial charge in [0.15, 0.2) is 0 Å². The second-order valence-electron chi connectivity index (χ2n) is 0.231. The summed E-state index contributed by atoms with van der Waals surface area (Å²) in [6.07, 6.45) is 0.